The van der Waals surface area contributed by atoms with E-state index in [1.807, 2.05) is 68.4 Å². The van der Waals surface area contributed by atoms with E-state index >= 15 is 0 Å². The number of nitrogens with one attached hydrogen (secondary N) is 1. The molecule has 3 aromatic rings. The zero-order chi connectivity index (χ0) is 23.5. The fourth-order valence-corrected chi connectivity index (χ4v) is 4.01. The summed E-state index contributed by atoms with van der Waals surface area (Å²) in [6.07, 6.45) is 3.23. The number of halogens is 1. The lowest BCUT2D eigenvalue weighted by Crippen LogP contribution is -2.30. The molecule has 33 heavy (non-hydrogen) atoms. The normalized spacial score (nSPS) is 14.6. The Morgan fingerprint density at radius 3 is 2.52 bits per heavy atom. The van der Waals surface area contributed by atoms with Crippen LogP contribution < -0.4 is 10.1 Å². The molecule has 0 aliphatic carbocycles. The minimum absolute atomic E-state index is 0.173. The number of imide groups is 1. The number of hydrogen-bond donors (Lipinski definition) is 1. The molecule has 2 aromatic carbocycles. The molecule has 1 N–H and O–H groups in total. The topological polar surface area (TPSA) is 63.6 Å². The summed E-state index contributed by atoms with van der Waals surface area (Å²) in [4.78, 5) is 25.7. The van der Waals surface area contributed by atoms with Gasteiger partial charge in [-0.1, -0.05) is 35.9 Å². The van der Waals surface area contributed by atoms with Gasteiger partial charge in [-0.15, -0.1) is 6.58 Å². The number of hydrogen-bond acceptors (Lipinski definition) is 3. The molecule has 0 saturated carbocycles. The molecule has 1 fully saturated rings. The number of aromatic nitrogens is 1. The number of amides is 3. The van der Waals surface area contributed by atoms with E-state index < -0.39 is 6.03 Å². The largest absolute Gasteiger partial charge is 0.489 e. The Labute approximate surface area is 197 Å². The van der Waals surface area contributed by atoms with Crippen molar-refractivity contribution in [2.24, 2.45) is 0 Å². The van der Waals surface area contributed by atoms with Crippen LogP contribution in [0.3, 0.4) is 0 Å². The van der Waals surface area contributed by atoms with Crippen LogP contribution in [0.2, 0.25) is 5.02 Å². The van der Waals surface area contributed by atoms with Crippen LogP contribution in [0.4, 0.5) is 4.79 Å². The van der Waals surface area contributed by atoms with E-state index in [-0.39, 0.29) is 18.1 Å². The molecule has 6 nitrogen and oxygen atoms in total. The fourth-order valence-electron chi connectivity index (χ4n) is 3.82. The molecule has 4 rings (SSSR count). The Hall–Kier alpha value is -3.77. The predicted molar refractivity (Wildman–Crippen MR) is 129 cm³/mol. The van der Waals surface area contributed by atoms with Gasteiger partial charge in [-0.3, -0.25) is 9.69 Å². The van der Waals surface area contributed by atoms with Crippen molar-refractivity contribution in [2.45, 2.75) is 20.5 Å². The average Bonchev–Trinajstić information content (AvgIpc) is 3.23. The van der Waals surface area contributed by atoms with Gasteiger partial charge in [-0.05, 0) is 61.9 Å². The smallest absolute Gasteiger partial charge is 0.329 e. The van der Waals surface area contributed by atoms with Crippen LogP contribution in [0.1, 0.15) is 22.5 Å². The summed E-state index contributed by atoms with van der Waals surface area (Å²) in [5.74, 6) is 0.384. The highest BCUT2D eigenvalue weighted by Gasteiger charge is 2.32. The Bertz CT molecular complexity index is 1260. The Morgan fingerprint density at radius 1 is 1.09 bits per heavy atom. The quantitative estimate of drug-likeness (QED) is 0.291. The number of carbonyl (C=O) groups excluding carboxylic acids is 2. The zero-order valence-electron chi connectivity index (χ0n) is 18.5. The third kappa shape index (κ3) is 4.56. The van der Waals surface area contributed by atoms with Crippen molar-refractivity contribution in [1.29, 1.82) is 0 Å². The average molecular weight is 462 g/mol. The van der Waals surface area contributed by atoms with Gasteiger partial charge in [0.1, 0.15) is 18.1 Å². The van der Waals surface area contributed by atoms with Crippen molar-refractivity contribution < 1.29 is 14.3 Å². The second kappa shape index (κ2) is 9.38. The van der Waals surface area contributed by atoms with Gasteiger partial charge in [-0.25, -0.2) is 4.79 Å². The molecule has 1 aromatic heterocycles. The van der Waals surface area contributed by atoms with Crippen molar-refractivity contribution in [2.75, 3.05) is 6.54 Å². The summed E-state index contributed by atoms with van der Waals surface area (Å²) in [6, 6.07) is 16.9. The van der Waals surface area contributed by atoms with E-state index in [1.54, 1.807) is 6.08 Å². The summed E-state index contributed by atoms with van der Waals surface area (Å²) in [5.41, 5.74) is 4.96. The van der Waals surface area contributed by atoms with E-state index in [9.17, 15) is 9.59 Å². The predicted octanol–water partition coefficient (Wildman–Crippen LogP) is 5.41. The van der Waals surface area contributed by atoms with Crippen LogP contribution >= 0.6 is 11.6 Å². The van der Waals surface area contributed by atoms with Gasteiger partial charge >= 0.3 is 6.03 Å². The van der Waals surface area contributed by atoms with Crippen molar-refractivity contribution in [3.05, 3.63) is 100 Å². The Balaban J connectivity index is 1.53. The second-order valence-corrected chi connectivity index (χ2v) is 8.14. The first-order valence-corrected chi connectivity index (χ1v) is 10.9. The SMILES string of the molecule is C=CCN1C(=O)N/C(=C/c2cc(C)n(-c3ccc(OCc4ccccc4Cl)cc3)c2C)C1=O. The van der Waals surface area contributed by atoms with Crippen LogP contribution in [0.5, 0.6) is 5.75 Å². The van der Waals surface area contributed by atoms with Crippen molar-refractivity contribution >= 4 is 29.6 Å². The first-order valence-electron chi connectivity index (χ1n) is 10.5. The third-order valence-electron chi connectivity index (χ3n) is 5.49. The number of ether oxygens (including phenoxy) is 1. The number of aryl methyl sites for hydroxylation is 1. The Morgan fingerprint density at radius 2 is 1.82 bits per heavy atom. The van der Waals surface area contributed by atoms with E-state index in [1.165, 1.54) is 6.08 Å². The molecule has 1 aliphatic heterocycles. The van der Waals surface area contributed by atoms with Gasteiger partial charge in [0.15, 0.2) is 0 Å². The monoisotopic (exact) mass is 461 g/mol. The van der Waals surface area contributed by atoms with Crippen LogP contribution in [0.15, 0.2) is 72.9 Å². The number of benzene rings is 2. The summed E-state index contributed by atoms with van der Waals surface area (Å²) in [6.45, 7) is 8.12. The second-order valence-electron chi connectivity index (χ2n) is 7.73. The molecule has 168 valence electrons. The molecule has 2 heterocycles. The van der Waals surface area contributed by atoms with Crippen LogP contribution in [-0.2, 0) is 11.4 Å². The fraction of sp³-hybridized carbons (Fsp3) is 0.154. The van der Waals surface area contributed by atoms with Gasteiger partial charge in [0.25, 0.3) is 5.91 Å². The summed E-state index contributed by atoms with van der Waals surface area (Å²) in [7, 11) is 0. The lowest BCUT2D eigenvalue weighted by molar-refractivity contribution is -0.122. The van der Waals surface area contributed by atoms with Crippen LogP contribution in [0, 0.1) is 13.8 Å². The molecule has 0 unspecified atom stereocenters. The van der Waals surface area contributed by atoms with Gasteiger partial charge in [0.05, 0.1) is 0 Å². The molecular weight excluding hydrogens is 438 g/mol. The maximum atomic E-state index is 12.5. The lowest BCUT2D eigenvalue weighted by atomic mass is 10.2. The highest BCUT2D eigenvalue weighted by atomic mass is 35.5. The molecule has 0 bridgehead atoms. The van der Waals surface area contributed by atoms with Crippen molar-refractivity contribution in [1.82, 2.24) is 14.8 Å². The first kappa shape index (κ1) is 22.4. The number of urea groups is 1. The first-order chi connectivity index (χ1) is 15.9. The molecular formula is C26H24ClN3O3. The van der Waals surface area contributed by atoms with E-state index in [0.717, 1.165) is 38.9 Å². The van der Waals surface area contributed by atoms with Gasteiger partial charge < -0.3 is 14.6 Å². The molecule has 0 radical (unpaired) electrons. The molecule has 0 atom stereocenters. The van der Waals surface area contributed by atoms with Crippen LogP contribution in [0.25, 0.3) is 11.8 Å². The Kier molecular flexibility index (Phi) is 6.38. The molecule has 7 heteroatoms. The molecule has 1 aliphatic rings. The summed E-state index contributed by atoms with van der Waals surface area (Å²) >= 11 is 6.20. The lowest BCUT2D eigenvalue weighted by Gasteiger charge is -2.12. The highest BCUT2D eigenvalue weighted by molar-refractivity contribution is 6.31. The zero-order valence-corrected chi connectivity index (χ0v) is 19.2. The minimum Gasteiger partial charge on any atom is -0.489 e. The molecule has 1 saturated heterocycles. The number of nitrogens with zero attached hydrogens (tertiary/aromatic N) is 2. The van der Waals surface area contributed by atoms with E-state index in [4.69, 9.17) is 16.3 Å². The van der Waals surface area contributed by atoms with Gasteiger partial charge in [0.2, 0.25) is 0 Å². The van der Waals surface area contributed by atoms with Crippen molar-refractivity contribution in [3.63, 3.8) is 0 Å². The van der Waals surface area contributed by atoms with Gasteiger partial charge in [-0.2, -0.15) is 0 Å². The van der Waals surface area contributed by atoms with Crippen molar-refractivity contribution in [3.8, 4) is 11.4 Å². The number of carbonyl (C=O) groups is 2. The number of rotatable bonds is 7. The van der Waals surface area contributed by atoms with E-state index in [0.29, 0.717) is 11.6 Å². The maximum Gasteiger partial charge on any atom is 0.329 e. The summed E-state index contributed by atoms with van der Waals surface area (Å²) < 4.78 is 7.97. The summed E-state index contributed by atoms with van der Waals surface area (Å²) in [5, 5.41) is 3.32. The third-order valence-corrected chi connectivity index (χ3v) is 5.86. The highest BCUT2D eigenvalue weighted by Crippen LogP contribution is 2.26. The standard InChI is InChI=1S/C26H24ClN3O3/c1-4-13-29-25(31)24(28-26(29)32)15-20-14-17(2)30(18(20)3)21-9-11-22(12-10-21)33-16-19-7-5-6-8-23(19)27/h4-12,14-15H,1,13,16H2,2-3H3,(H,28,32)/b24-15+. The molecule has 3 amide bonds. The van der Waals surface area contributed by atoms with E-state index in [2.05, 4.69) is 16.5 Å². The molecule has 0 spiro atoms. The van der Waals surface area contributed by atoms with Crippen LogP contribution in [-0.4, -0.2) is 28.0 Å². The van der Waals surface area contributed by atoms with Gasteiger partial charge in [0, 0.05) is 34.2 Å². The minimum atomic E-state index is -0.438. The maximum absolute atomic E-state index is 12.5.